The maximum absolute atomic E-state index is 14.3. The van der Waals surface area contributed by atoms with Gasteiger partial charge in [-0.3, -0.25) is 4.79 Å². The minimum Gasteiger partial charge on any atom is -0.459 e. The summed E-state index contributed by atoms with van der Waals surface area (Å²) >= 11 is 1.52. The third-order valence-corrected chi connectivity index (χ3v) is 11.9. The number of carbonyl (C=O) groups is 2. The monoisotopic (exact) mass is 855 g/mol. The van der Waals surface area contributed by atoms with Crippen LogP contribution in [0.5, 0.6) is 0 Å². The van der Waals surface area contributed by atoms with Gasteiger partial charge in [0.25, 0.3) is 5.91 Å². The van der Waals surface area contributed by atoms with Crippen LogP contribution >= 0.6 is 11.8 Å². The molecule has 0 aromatic heterocycles. The number of nitrogens with one attached hydrogen (secondary N) is 1. The molecule has 1 aliphatic heterocycles. The first-order valence-corrected chi connectivity index (χ1v) is 22.0. The van der Waals surface area contributed by atoms with Gasteiger partial charge in [-0.2, -0.15) is 0 Å². The van der Waals surface area contributed by atoms with Crippen molar-refractivity contribution in [3.8, 4) is 0 Å². The first-order valence-electron chi connectivity index (χ1n) is 21.1. The van der Waals surface area contributed by atoms with E-state index in [1.54, 1.807) is 24.3 Å². The zero-order valence-corrected chi connectivity index (χ0v) is 35.5. The number of benzene rings is 7. The fourth-order valence-electron chi connectivity index (χ4n) is 7.56. The number of hydrogen-bond acceptors (Lipinski definition) is 8. The molecule has 1 heterocycles. The minimum atomic E-state index is -0.794. The number of carbonyl (C=O) groups excluding carboxylic acids is 2. The molecule has 1 fully saturated rings. The number of amides is 1. The molecule has 7 aromatic carbocycles. The van der Waals surface area contributed by atoms with E-state index in [0.29, 0.717) is 6.61 Å². The molecule has 1 aliphatic rings. The van der Waals surface area contributed by atoms with Gasteiger partial charge in [-0.25, -0.2) is 4.79 Å². The molecule has 9 heteroatoms. The van der Waals surface area contributed by atoms with Gasteiger partial charge >= 0.3 is 5.97 Å². The predicted molar refractivity (Wildman–Crippen MR) is 245 cm³/mol. The molecule has 0 aliphatic carbocycles. The molecule has 8 rings (SSSR count). The van der Waals surface area contributed by atoms with Crippen LogP contribution in [0.25, 0.3) is 0 Å². The van der Waals surface area contributed by atoms with E-state index < -0.39 is 47.8 Å². The fourth-order valence-corrected chi connectivity index (χ4v) is 8.71. The van der Waals surface area contributed by atoms with Crippen LogP contribution < -0.4 is 5.32 Å². The van der Waals surface area contributed by atoms with Crippen molar-refractivity contribution in [3.63, 3.8) is 0 Å². The molecular weight excluding hydrogens is 807 g/mol. The highest BCUT2D eigenvalue weighted by atomic mass is 32.2. The highest BCUT2D eigenvalue weighted by Gasteiger charge is 2.49. The van der Waals surface area contributed by atoms with Crippen molar-refractivity contribution in [2.24, 2.45) is 0 Å². The van der Waals surface area contributed by atoms with Crippen LogP contribution in [0.2, 0.25) is 0 Å². The van der Waals surface area contributed by atoms with Crippen LogP contribution in [-0.4, -0.2) is 48.3 Å². The van der Waals surface area contributed by atoms with Crippen molar-refractivity contribution in [2.45, 2.75) is 60.6 Å². The van der Waals surface area contributed by atoms with Gasteiger partial charge < -0.3 is 29.0 Å². The fraction of sp³-hybridized carbons (Fsp3) is 0.185. The van der Waals surface area contributed by atoms with E-state index in [2.05, 4.69) is 5.32 Å². The van der Waals surface area contributed by atoms with E-state index in [-0.39, 0.29) is 30.9 Å². The van der Waals surface area contributed by atoms with Crippen LogP contribution in [0, 0.1) is 0 Å². The molecule has 1 amide bonds. The zero-order chi connectivity index (χ0) is 43.1. The highest BCUT2D eigenvalue weighted by Crippen LogP contribution is 2.38. The predicted octanol–water partition coefficient (Wildman–Crippen LogP) is 10.6. The summed E-state index contributed by atoms with van der Waals surface area (Å²) in [7, 11) is 0. The minimum absolute atomic E-state index is 0.128. The molecule has 0 spiro atoms. The van der Waals surface area contributed by atoms with E-state index in [0.717, 1.165) is 32.7 Å². The van der Waals surface area contributed by atoms with Crippen LogP contribution in [-0.2, 0) is 43.5 Å². The second kappa shape index (κ2) is 22.2. The van der Waals surface area contributed by atoms with Gasteiger partial charge in [0.1, 0.15) is 36.5 Å². The molecule has 1 saturated heterocycles. The van der Waals surface area contributed by atoms with Crippen molar-refractivity contribution in [1.82, 2.24) is 5.32 Å². The average Bonchev–Trinajstić information content (AvgIpc) is 3.35. The second-order valence-corrected chi connectivity index (χ2v) is 16.3. The molecular formula is C54H49NO7S. The number of esters is 1. The Morgan fingerprint density at radius 3 is 1.41 bits per heavy atom. The van der Waals surface area contributed by atoms with Gasteiger partial charge in [-0.1, -0.05) is 194 Å². The molecule has 0 bridgehead atoms. The SMILES string of the molecule is O=C(NC(c1ccccc1)c1ccccc1)c1ccccc1C(=O)OC[C@H]1OC(Sc2ccccc2)[C@H](OCc2ccccc2)[C@@H](OCc2ccccc2)[C@@H]1OCc1ccccc1. The Balaban J connectivity index is 1.09. The van der Waals surface area contributed by atoms with Crippen molar-refractivity contribution in [3.05, 3.63) is 245 Å². The lowest BCUT2D eigenvalue weighted by Gasteiger charge is -2.45. The molecule has 0 radical (unpaired) electrons. The molecule has 5 atom stereocenters. The number of ether oxygens (including phenoxy) is 5. The van der Waals surface area contributed by atoms with Crippen LogP contribution in [0.1, 0.15) is 54.6 Å². The topological polar surface area (TPSA) is 92.3 Å². The van der Waals surface area contributed by atoms with Gasteiger partial charge in [0, 0.05) is 4.90 Å². The molecule has 1 unspecified atom stereocenters. The van der Waals surface area contributed by atoms with Crippen LogP contribution in [0.4, 0.5) is 0 Å². The maximum atomic E-state index is 14.3. The Bertz CT molecular complexity index is 2420. The van der Waals surface area contributed by atoms with E-state index >= 15 is 0 Å². The van der Waals surface area contributed by atoms with Crippen molar-refractivity contribution in [1.29, 1.82) is 0 Å². The summed E-state index contributed by atoms with van der Waals surface area (Å²) in [6.07, 6.45) is -2.82. The Morgan fingerprint density at radius 1 is 0.492 bits per heavy atom. The summed E-state index contributed by atoms with van der Waals surface area (Å²) < 4.78 is 33.6. The average molecular weight is 856 g/mol. The van der Waals surface area contributed by atoms with Gasteiger partial charge in [0.15, 0.2) is 0 Å². The quantitative estimate of drug-likeness (QED) is 0.0854. The lowest BCUT2D eigenvalue weighted by atomic mass is 9.97. The smallest absolute Gasteiger partial charge is 0.339 e. The Hall–Kier alpha value is -6.33. The maximum Gasteiger partial charge on any atom is 0.339 e. The summed E-state index contributed by atoms with van der Waals surface area (Å²) in [6, 6.07) is 65.6. The molecule has 0 saturated carbocycles. The molecule has 1 N–H and O–H groups in total. The first kappa shape index (κ1) is 43.3. The van der Waals surface area contributed by atoms with E-state index in [9.17, 15) is 9.59 Å². The Morgan fingerprint density at radius 2 is 0.905 bits per heavy atom. The largest absolute Gasteiger partial charge is 0.459 e. The summed E-state index contributed by atoms with van der Waals surface area (Å²) in [5.41, 5.74) is 4.49. The molecule has 63 heavy (non-hydrogen) atoms. The van der Waals surface area contributed by atoms with Gasteiger partial charge in [-0.15, -0.1) is 0 Å². The first-order chi connectivity index (χ1) is 31.1. The van der Waals surface area contributed by atoms with Gasteiger partial charge in [0.2, 0.25) is 0 Å². The summed E-state index contributed by atoms with van der Waals surface area (Å²) in [5, 5.41) is 3.17. The number of rotatable bonds is 18. The standard InChI is InChI=1S/C54H49NO7S/c56-52(55-48(42-27-13-4-14-28-42)43-29-15-5-16-30-43)45-33-19-20-34-46(45)53(57)61-38-47-49(58-35-39-21-7-1-8-22-39)50(59-36-40-23-9-2-10-24-40)51(60-37-41-25-11-3-12-26-41)54(62-47)63-44-31-17-6-18-32-44/h1-34,47-51,54H,35-38H2,(H,55,56)/t47-,49-,50+,51-,54?/m1/s1. The molecule has 318 valence electrons. The Labute approximate surface area is 373 Å². The van der Waals surface area contributed by atoms with Gasteiger partial charge in [0.05, 0.1) is 37.0 Å². The zero-order valence-electron chi connectivity index (χ0n) is 34.7. The molecule has 7 aromatic rings. The number of thioether (sulfide) groups is 1. The molecule has 8 nitrogen and oxygen atoms in total. The van der Waals surface area contributed by atoms with E-state index in [1.165, 1.54) is 11.8 Å². The lowest BCUT2D eigenvalue weighted by Crippen LogP contribution is -2.60. The highest BCUT2D eigenvalue weighted by molar-refractivity contribution is 7.99. The summed E-state index contributed by atoms with van der Waals surface area (Å²) in [5.74, 6) is -1.08. The van der Waals surface area contributed by atoms with E-state index in [4.69, 9.17) is 23.7 Å². The third-order valence-electron chi connectivity index (χ3n) is 10.8. The van der Waals surface area contributed by atoms with Crippen LogP contribution in [0.3, 0.4) is 0 Å². The van der Waals surface area contributed by atoms with Crippen molar-refractivity contribution < 1.29 is 33.3 Å². The number of hydrogen-bond donors (Lipinski definition) is 1. The van der Waals surface area contributed by atoms with Crippen LogP contribution in [0.15, 0.2) is 211 Å². The third kappa shape index (κ3) is 11.8. The lowest BCUT2D eigenvalue weighted by molar-refractivity contribution is -0.251. The van der Waals surface area contributed by atoms with E-state index in [1.807, 2.05) is 182 Å². The normalized spacial score (nSPS) is 18.4. The van der Waals surface area contributed by atoms with Gasteiger partial charge in [-0.05, 0) is 52.1 Å². The Kier molecular flexibility index (Phi) is 15.2. The van der Waals surface area contributed by atoms with Crippen molar-refractivity contribution >= 4 is 23.6 Å². The van der Waals surface area contributed by atoms with Crippen molar-refractivity contribution in [2.75, 3.05) is 6.61 Å². The summed E-state index contributed by atoms with van der Waals surface area (Å²) in [4.78, 5) is 29.4. The second-order valence-electron chi connectivity index (χ2n) is 15.1. The summed E-state index contributed by atoms with van der Waals surface area (Å²) in [6.45, 7) is 0.657.